The molecule has 0 unspecified atom stereocenters. The maximum absolute atomic E-state index is 14.0. The maximum atomic E-state index is 14.0. The highest BCUT2D eigenvalue weighted by atomic mass is 19.1. The van der Waals surface area contributed by atoms with Crippen LogP contribution in [0.2, 0.25) is 0 Å². The monoisotopic (exact) mass is 400 g/mol. The smallest absolute Gasteiger partial charge is 0.254 e. The Hall–Kier alpha value is -2.60. The number of amides is 1. The van der Waals surface area contributed by atoms with Crippen LogP contribution in [-0.4, -0.2) is 55.6 Å². The molecule has 6 heteroatoms. The average Bonchev–Trinajstić information content (AvgIpc) is 2.74. The number of methoxy groups -OCH3 is 2. The van der Waals surface area contributed by atoms with E-state index in [2.05, 4.69) is 18.7 Å². The number of carbonyl (C=O) groups is 1. The average molecular weight is 400 g/mol. The predicted molar refractivity (Wildman–Crippen MR) is 111 cm³/mol. The summed E-state index contributed by atoms with van der Waals surface area (Å²) >= 11 is 0. The highest BCUT2D eigenvalue weighted by molar-refractivity contribution is 5.95. The van der Waals surface area contributed by atoms with Gasteiger partial charge in [0.25, 0.3) is 5.91 Å². The minimum atomic E-state index is -0.183. The zero-order chi connectivity index (χ0) is 21.0. The van der Waals surface area contributed by atoms with Gasteiger partial charge in [0.15, 0.2) is 11.5 Å². The second kappa shape index (κ2) is 9.27. The van der Waals surface area contributed by atoms with Gasteiger partial charge in [-0.3, -0.25) is 9.69 Å². The van der Waals surface area contributed by atoms with Gasteiger partial charge in [-0.25, -0.2) is 4.39 Å². The second-order valence-electron chi connectivity index (χ2n) is 7.71. The van der Waals surface area contributed by atoms with Gasteiger partial charge in [0.2, 0.25) is 0 Å². The van der Waals surface area contributed by atoms with Gasteiger partial charge in [0.1, 0.15) is 5.82 Å². The number of hydrogen-bond acceptors (Lipinski definition) is 4. The number of piperazine rings is 1. The summed E-state index contributed by atoms with van der Waals surface area (Å²) in [7, 11) is 3.13. The largest absolute Gasteiger partial charge is 0.493 e. The maximum Gasteiger partial charge on any atom is 0.254 e. The second-order valence-corrected chi connectivity index (χ2v) is 7.71. The number of hydrogen-bond donors (Lipinski definition) is 0. The minimum absolute atomic E-state index is 0.0183. The van der Waals surface area contributed by atoms with E-state index in [1.165, 1.54) is 6.07 Å². The third-order valence-corrected chi connectivity index (χ3v) is 5.52. The Morgan fingerprint density at radius 2 is 1.83 bits per heavy atom. The molecule has 0 saturated carbocycles. The van der Waals surface area contributed by atoms with Crippen molar-refractivity contribution in [1.29, 1.82) is 0 Å². The van der Waals surface area contributed by atoms with Gasteiger partial charge >= 0.3 is 0 Å². The van der Waals surface area contributed by atoms with Gasteiger partial charge in [-0.15, -0.1) is 0 Å². The van der Waals surface area contributed by atoms with E-state index in [-0.39, 0.29) is 23.7 Å². The molecular formula is C23H29FN2O3. The Labute approximate surface area is 172 Å². The molecule has 0 aromatic heterocycles. The molecule has 0 radical (unpaired) electrons. The van der Waals surface area contributed by atoms with Gasteiger partial charge in [-0.2, -0.15) is 0 Å². The molecule has 2 aromatic rings. The molecule has 1 amide bonds. The Morgan fingerprint density at radius 3 is 2.48 bits per heavy atom. The van der Waals surface area contributed by atoms with Crippen molar-refractivity contribution in [3.05, 3.63) is 59.4 Å². The zero-order valence-electron chi connectivity index (χ0n) is 17.5. The van der Waals surface area contributed by atoms with Crippen LogP contribution in [0.5, 0.6) is 11.5 Å². The van der Waals surface area contributed by atoms with Crippen LogP contribution in [0.3, 0.4) is 0 Å². The van der Waals surface area contributed by atoms with Crippen LogP contribution >= 0.6 is 0 Å². The van der Waals surface area contributed by atoms with Crippen LogP contribution < -0.4 is 9.47 Å². The van der Waals surface area contributed by atoms with E-state index in [1.54, 1.807) is 38.5 Å². The standard InChI is InChI=1S/C23H29FN2O3/c1-16(2)20-15-25(14-18-7-5-6-8-19(18)24)11-12-26(20)23(27)17-9-10-21(28-3)22(13-17)29-4/h5-10,13,16,20H,11-12,14-15H2,1-4H3/t20-/m1/s1. The lowest BCUT2D eigenvalue weighted by Gasteiger charge is -2.43. The number of carbonyl (C=O) groups excluding carboxylic acids is 1. The van der Waals surface area contributed by atoms with Crippen LogP contribution in [-0.2, 0) is 6.54 Å². The SMILES string of the molecule is COc1ccc(C(=O)N2CCN(Cc3ccccc3F)C[C@@H]2C(C)C)cc1OC. The summed E-state index contributed by atoms with van der Waals surface area (Å²) in [6.07, 6.45) is 0. The van der Waals surface area contributed by atoms with Gasteiger partial charge in [0.05, 0.1) is 14.2 Å². The third-order valence-electron chi connectivity index (χ3n) is 5.52. The molecular weight excluding hydrogens is 371 g/mol. The molecule has 2 aromatic carbocycles. The first-order valence-electron chi connectivity index (χ1n) is 9.93. The van der Waals surface area contributed by atoms with Gasteiger partial charge < -0.3 is 14.4 Å². The summed E-state index contributed by atoms with van der Waals surface area (Å²) in [5, 5.41) is 0. The van der Waals surface area contributed by atoms with Crippen molar-refractivity contribution in [2.75, 3.05) is 33.9 Å². The van der Waals surface area contributed by atoms with Crippen molar-refractivity contribution in [2.24, 2.45) is 5.92 Å². The Balaban J connectivity index is 1.76. The number of ether oxygens (including phenoxy) is 2. The van der Waals surface area contributed by atoms with Crippen molar-refractivity contribution in [2.45, 2.75) is 26.4 Å². The first-order chi connectivity index (χ1) is 13.9. The summed E-state index contributed by atoms with van der Waals surface area (Å²) in [5.41, 5.74) is 1.27. The summed E-state index contributed by atoms with van der Waals surface area (Å²) in [5.74, 6) is 1.21. The van der Waals surface area contributed by atoms with Crippen molar-refractivity contribution in [3.8, 4) is 11.5 Å². The van der Waals surface area contributed by atoms with E-state index in [4.69, 9.17) is 9.47 Å². The number of benzene rings is 2. The van der Waals surface area contributed by atoms with Crippen LogP contribution in [0.25, 0.3) is 0 Å². The van der Waals surface area contributed by atoms with Gasteiger partial charge in [0, 0.05) is 43.3 Å². The molecule has 0 aliphatic carbocycles. The molecule has 156 valence electrons. The van der Waals surface area contributed by atoms with Crippen LogP contribution in [0.4, 0.5) is 4.39 Å². The Kier molecular flexibility index (Phi) is 6.75. The molecule has 1 saturated heterocycles. The number of halogens is 1. The van der Waals surface area contributed by atoms with Crippen molar-refractivity contribution in [1.82, 2.24) is 9.80 Å². The molecule has 1 aliphatic rings. The topological polar surface area (TPSA) is 42.0 Å². The van der Waals surface area contributed by atoms with E-state index in [9.17, 15) is 9.18 Å². The molecule has 29 heavy (non-hydrogen) atoms. The lowest BCUT2D eigenvalue weighted by molar-refractivity contribution is 0.0326. The molecule has 0 spiro atoms. The fourth-order valence-corrected chi connectivity index (χ4v) is 3.84. The van der Waals surface area contributed by atoms with Crippen molar-refractivity contribution < 1.29 is 18.7 Å². The fraction of sp³-hybridized carbons (Fsp3) is 0.435. The Morgan fingerprint density at radius 1 is 1.10 bits per heavy atom. The third kappa shape index (κ3) is 4.70. The normalized spacial score (nSPS) is 17.4. The number of rotatable bonds is 6. The molecule has 0 N–H and O–H groups in total. The van der Waals surface area contributed by atoms with E-state index >= 15 is 0 Å². The highest BCUT2D eigenvalue weighted by Crippen LogP contribution is 2.29. The van der Waals surface area contributed by atoms with Gasteiger partial charge in [-0.05, 0) is 30.2 Å². The molecule has 0 bridgehead atoms. The molecule has 1 aliphatic heterocycles. The first kappa shape index (κ1) is 21.1. The Bertz CT molecular complexity index is 856. The molecule has 1 atom stereocenters. The first-order valence-corrected chi connectivity index (χ1v) is 9.93. The lowest BCUT2D eigenvalue weighted by Crippen LogP contribution is -2.56. The summed E-state index contributed by atoms with van der Waals surface area (Å²) in [6.45, 7) is 6.80. The molecule has 5 nitrogen and oxygen atoms in total. The predicted octanol–water partition coefficient (Wildman–Crippen LogP) is 3.83. The van der Waals surface area contributed by atoms with E-state index < -0.39 is 0 Å². The zero-order valence-corrected chi connectivity index (χ0v) is 17.5. The fourth-order valence-electron chi connectivity index (χ4n) is 3.84. The van der Waals surface area contributed by atoms with E-state index in [1.807, 2.05) is 17.0 Å². The van der Waals surface area contributed by atoms with Gasteiger partial charge in [-0.1, -0.05) is 32.0 Å². The number of nitrogens with zero attached hydrogens (tertiary/aromatic N) is 2. The van der Waals surface area contributed by atoms with Crippen molar-refractivity contribution in [3.63, 3.8) is 0 Å². The molecule has 3 rings (SSSR count). The molecule has 1 heterocycles. The summed E-state index contributed by atoms with van der Waals surface area (Å²) in [4.78, 5) is 17.4. The van der Waals surface area contributed by atoms with E-state index in [0.29, 0.717) is 48.8 Å². The van der Waals surface area contributed by atoms with Crippen LogP contribution in [0.15, 0.2) is 42.5 Å². The van der Waals surface area contributed by atoms with E-state index in [0.717, 1.165) is 0 Å². The molecule has 1 fully saturated rings. The van der Waals surface area contributed by atoms with Crippen molar-refractivity contribution >= 4 is 5.91 Å². The van der Waals surface area contributed by atoms with Crippen LogP contribution in [0.1, 0.15) is 29.8 Å². The lowest BCUT2D eigenvalue weighted by atomic mass is 9.98. The summed E-state index contributed by atoms with van der Waals surface area (Å²) < 4.78 is 24.7. The summed E-state index contributed by atoms with van der Waals surface area (Å²) in [6, 6.07) is 12.2. The minimum Gasteiger partial charge on any atom is -0.493 e. The highest BCUT2D eigenvalue weighted by Gasteiger charge is 2.33. The quantitative estimate of drug-likeness (QED) is 0.739. The van der Waals surface area contributed by atoms with Crippen LogP contribution in [0, 0.1) is 11.7 Å².